The van der Waals surface area contributed by atoms with Gasteiger partial charge in [-0.25, -0.2) is 0 Å². The summed E-state index contributed by atoms with van der Waals surface area (Å²) in [6, 6.07) is 0.360. The molecule has 0 aromatic rings. The van der Waals surface area contributed by atoms with Gasteiger partial charge in [0.1, 0.15) is 0 Å². The summed E-state index contributed by atoms with van der Waals surface area (Å²) in [7, 11) is 0. The fourth-order valence-corrected chi connectivity index (χ4v) is 3.71. The predicted octanol–water partition coefficient (Wildman–Crippen LogP) is 3.10. The minimum atomic E-state index is -0.403. The Morgan fingerprint density at radius 3 is 2.29 bits per heavy atom. The zero-order chi connectivity index (χ0) is 12.3. The van der Waals surface area contributed by atoms with E-state index in [1.54, 1.807) is 0 Å². The third-order valence-corrected chi connectivity index (χ3v) is 5.29. The molecular weight excluding hydrogens is 210 g/mol. The highest BCUT2D eigenvalue weighted by Crippen LogP contribution is 2.38. The molecule has 0 amide bonds. The third-order valence-electron chi connectivity index (χ3n) is 5.29. The summed E-state index contributed by atoms with van der Waals surface area (Å²) in [6.45, 7) is 5.66. The average molecular weight is 239 g/mol. The molecule has 2 unspecified atom stereocenters. The number of hydrogen-bond acceptors (Lipinski definition) is 2. The number of nitrogens with one attached hydrogen (secondary N) is 1. The van der Waals surface area contributed by atoms with Crippen LogP contribution in [0.5, 0.6) is 0 Å². The smallest absolute Gasteiger partial charge is 0.0800 e. The van der Waals surface area contributed by atoms with Crippen molar-refractivity contribution < 1.29 is 5.11 Å². The third kappa shape index (κ3) is 3.03. The van der Waals surface area contributed by atoms with E-state index in [-0.39, 0.29) is 0 Å². The molecule has 100 valence electrons. The van der Waals surface area contributed by atoms with Gasteiger partial charge in [-0.15, -0.1) is 0 Å². The highest BCUT2D eigenvalue weighted by molar-refractivity contribution is 4.97. The van der Waals surface area contributed by atoms with Gasteiger partial charge >= 0.3 is 0 Å². The summed E-state index contributed by atoms with van der Waals surface area (Å²) >= 11 is 0. The Bertz CT molecular complexity index is 233. The van der Waals surface area contributed by atoms with E-state index in [4.69, 9.17) is 0 Å². The Labute approximate surface area is 106 Å². The van der Waals surface area contributed by atoms with Gasteiger partial charge in [0.2, 0.25) is 0 Å². The van der Waals surface area contributed by atoms with Crippen LogP contribution in [0.15, 0.2) is 0 Å². The van der Waals surface area contributed by atoms with Crippen LogP contribution in [0, 0.1) is 11.8 Å². The number of aliphatic hydroxyl groups is 1. The van der Waals surface area contributed by atoms with Gasteiger partial charge in [-0.05, 0) is 56.9 Å². The summed E-state index contributed by atoms with van der Waals surface area (Å²) in [5.74, 6) is 1.69. The summed E-state index contributed by atoms with van der Waals surface area (Å²) in [4.78, 5) is 0. The molecule has 1 saturated carbocycles. The first kappa shape index (κ1) is 13.4. The van der Waals surface area contributed by atoms with E-state index >= 15 is 0 Å². The van der Waals surface area contributed by atoms with E-state index in [0.717, 1.165) is 31.2 Å². The van der Waals surface area contributed by atoms with Crippen LogP contribution < -0.4 is 5.32 Å². The molecule has 0 bridgehead atoms. The largest absolute Gasteiger partial charge is 0.388 e. The molecule has 0 aromatic carbocycles. The van der Waals surface area contributed by atoms with Gasteiger partial charge in [-0.1, -0.05) is 26.7 Å². The van der Waals surface area contributed by atoms with Crippen molar-refractivity contribution in [3.63, 3.8) is 0 Å². The maximum Gasteiger partial charge on any atom is 0.0800 e. The molecule has 0 aromatic heterocycles. The predicted molar refractivity (Wildman–Crippen MR) is 72.0 cm³/mol. The lowest BCUT2D eigenvalue weighted by molar-refractivity contribution is -0.0538. The van der Waals surface area contributed by atoms with Crippen molar-refractivity contribution in [3.8, 4) is 0 Å². The normalized spacial score (nSPS) is 43.6. The van der Waals surface area contributed by atoms with Gasteiger partial charge in [0.05, 0.1) is 5.60 Å². The molecule has 1 saturated heterocycles. The maximum absolute atomic E-state index is 10.9. The Hall–Kier alpha value is -0.0800. The van der Waals surface area contributed by atoms with Gasteiger partial charge in [0.15, 0.2) is 0 Å². The highest BCUT2D eigenvalue weighted by Gasteiger charge is 2.41. The summed E-state index contributed by atoms with van der Waals surface area (Å²) in [5, 5.41) is 14.4. The van der Waals surface area contributed by atoms with Crippen LogP contribution in [0.3, 0.4) is 0 Å². The standard InChI is InChI=1S/C15H29NO/c1-3-12-5-8-15(17,9-6-12)14-11-13(4-2)7-10-16-14/h12-14,16-17H,3-11H2,1-2H3. The number of hydrogen-bond donors (Lipinski definition) is 2. The van der Waals surface area contributed by atoms with Gasteiger partial charge < -0.3 is 10.4 Å². The number of rotatable bonds is 3. The molecule has 1 aliphatic carbocycles. The summed E-state index contributed by atoms with van der Waals surface area (Å²) < 4.78 is 0. The first-order valence-corrected chi connectivity index (χ1v) is 7.63. The molecule has 2 nitrogen and oxygen atoms in total. The summed E-state index contributed by atoms with van der Waals surface area (Å²) in [5.41, 5.74) is -0.403. The number of piperidine rings is 1. The van der Waals surface area contributed by atoms with E-state index in [0.29, 0.717) is 6.04 Å². The van der Waals surface area contributed by atoms with Gasteiger partial charge in [0, 0.05) is 6.04 Å². The second-order valence-corrected chi connectivity index (χ2v) is 6.26. The summed E-state index contributed by atoms with van der Waals surface area (Å²) in [6.07, 6.45) is 9.51. The first-order chi connectivity index (χ1) is 8.18. The molecule has 2 N–H and O–H groups in total. The molecule has 2 rings (SSSR count). The SMILES string of the molecule is CCC1CCC(O)(C2CC(CC)CCN2)CC1. The lowest BCUT2D eigenvalue weighted by Crippen LogP contribution is -2.55. The molecule has 17 heavy (non-hydrogen) atoms. The van der Waals surface area contributed by atoms with Crippen molar-refractivity contribution in [2.45, 2.75) is 76.9 Å². The Morgan fingerprint density at radius 2 is 1.71 bits per heavy atom. The van der Waals surface area contributed by atoms with E-state index in [1.165, 1.54) is 38.5 Å². The van der Waals surface area contributed by atoms with Crippen molar-refractivity contribution in [3.05, 3.63) is 0 Å². The fourth-order valence-electron chi connectivity index (χ4n) is 3.71. The fraction of sp³-hybridized carbons (Fsp3) is 1.00. The Balaban J connectivity index is 1.92. The molecule has 1 aliphatic heterocycles. The van der Waals surface area contributed by atoms with Crippen LogP contribution in [-0.2, 0) is 0 Å². The van der Waals surface area contributed by atoms with Crippen LogP contribution >= 0.6 is 0 Å². The quantitative estimate of drug-likeness (QED) is 0.793. The van der Waals surface area contributed by atoms with Crippen LogP contribution in [0.4, 0.5) is 0 Å². The van der Waals surface area contributed by atoms with Gasteiger partial charge in [-0.2, -0.15) is 0 Å². The van der Waals surface area contributed by atoms with Gasteiger partial charge in [0.25, 0.3) is 0 Å². The van der Waals surface area contributed by atoms with E-state index in [1.807, 2.05) is 0 Å². The van der Waals surface area contributed by atoms with Crippen LogP contribution in [-0.4, -0.2) is 23.3 Å². The molecule has 0 radical (unpaired) electrons. The highest BCUT2D eigenvalue weighted by atomic mass is 16.3. The van der Waals surface area contributed by atoms with E-state index in [2.05, 4.69) is 19.2 Å². The molecule has 2 atom stereocenters. The molecule has 2 heteroatoms. The zero-order valence-corrected chi connectivity index (χ0v) is 11.5. The lowest BCUT2D eigenvalue weighted by atomic mass is 9.71. The molecule has 1 heterocycles. The second kappa shape index (κ2) is 5.71. The van der Waals surface area contributed by atoms with E-state index < -0.39 is 5.60 Å². The van der Waals surface area contributed by atoms with Gasteiger partial charge in [-0.3, -0.25) is 0 Å². The van der Waals surface area contributed by atoms with Crippen molar-refractivity contribution in [1.29, 1.82) is 0 Å². The zero-order valence-electron chi connectivity index (χ0n) is 11.5. The first-order valence-electron chi connectivity index (χ1n) is 7.63. The lowest BCUT2D eigenvalue weighted by Gasteiger charge is -2.45. The molecule has 0 spiro atoms. The van der Waals surface area contributed by atoms with Crippen molar-refractivity contribution in [1.82, 2.24) is 5.32 Å². The Kier molecular flexibility index (Phi) is 4.48. The molecular formula is C15H29NO. The van der Waals surface area contributed by atoms with Crippen LogP contribution in [0.1, 0.15) is 65.2 Å². The monoisotopic (exact) mass is 239 g/mol. The average Bonchev–Trinajstić information content (AvgIpc) is 2.40. The Morgan fingerprint density at radius 1 is 1.06 bits per heavy atom. The van der Waals surface area contributed by atoms with E-state index in [9.17, 15) is 5.11 Å². The van der Waals surface area contributed by atoms with Crippen LogP contribution in [0.25, 0.3) is 0 Å². The molecule has 2 aliphatic rings. The maximum atomic E-state index is 10.9. The second-order valence-electron chi connectivity index (χ2n) is 6.26. The van der Waals surface area contributed by atoms with Crippen molar-refractivity contribution >= 4 is 0 Å². The van der Waals surface area contributed by atoms with Crippen LogP contribution in [0.2, 0.25) is 0 Å². The van der Waals surface area contributed by atoms with Crippen molar-refractivity contribution in [2.75, 3.05) is 6.54 Å². The topological polar surface area (TPSA) is 32.3 Å². The molecule has 2 fully saturated rings. The minimum absolute atomic E-state index is 0.360. The van der Waals surface area contributed by atoms with Crippen molar-refractivity contribution in [2.24, 2.45) is 11.8 Å². The minimum Gasteiger partial charge on any atom is -0.388 e.